The molecule has 2 aromatic carbocycles. The van der Waals surface area contributed by atoms with E-state index in [9.17, 15) is 9.18 Å². The van der Waals surface area contributed by atoms with E-state index in [2.05, 4.69) is 5.32 Å². The maximum atomic E-state index is 13.1. The molecule has 1 saturated heterocycles. The van der Waals surface area contributed by atoms with Crippen molar-refractivity contribution in [2.24, 2.45) is 0 Å². The highest BCUT2D eigenvalue weighted by molar-refractivity contribution is 7.80. The predicted molar refractivity (Wildman–Crippen MR) is 109 cm³/mol. The zero-order chi connectivity index (χ0) is 18.8. The van der Waals surface area contributed by atoms with Crippen LogP contribution >= 0.6 is 12.2 Å². The Hall–Kier alpha value is -2.53. The molecule has 1 aliphatic heterocycles. The second-order valence-electron chi connectivity index (χ2n) is 7.08. The van der Waals surface area contributed by atoms with E-state index in [1.807, 2.05) is 30.3 Å². The average molecular weight is 380 g/mol. The summed E-state index contributed by atoms with van der Waals surface area (Å²) in [5, 5.41) is 3.59. The Balaban J connectivity index is 1.52. The van der Waals surface area contributed by atoms with Gasteiger partial charge in [-0.3, -0.25) is 9.69 Å². The first-order valence-electron chi connectivity index (χ1n) is 9.34. The van der Waals surface area contributed by atoms with Crippen LogP contribution in [0.3, 0.4) is 0 Å². The van der Waals surface area contributed by atoms with Gasteiger partial charge in [-0.2, -0.15) is 0 Å². The fourth-order valence-electron chi connectivity index (χ4n) is 3.80. The number of carbonyl (C=O) groups is 1. The third-order valence-corrected chi connectivity index (χ3v) is 5.55. The minimum atomic E-state index is -0.246. The van der Waals surface area contributed by atoms with Crippen LogP contribution in [0.2, 0.25) is 0 Å². The van der Waals surface area contributed by atoms with Crippen molar-refractivity contribution in [3.8, 4) is 11.1 Å². The number of benzene rings is 2. The van der Waals surface area contributed by atoms with Gasteiger partial charge in [0.1, 0.15) is 11.5 Å². The molecule has 27 heavy (non-hydrogen) atoms. The van der Waals surface area contributed by atoms with Crippen LogP contribution < -0.4 is 5.32 Å². The number of rotatable bonds is 3. The number of nitrogens with one attached hydrogen (secondary N) is 1. The number of thiocarbonyl (C=S) groups is 1. The summed E-state index contributed by atoms with van der Waals surface area (Å²) >= 11 is 5.41. The molecule has 2 aromatic rings. The van der Waals surface area contributed by atoms with Crippen molar-refractivity contribution in [2.45, 2.75) is 38.1 Å². The minimum Gasteiger partial charge on any atom is -0.328 e. The molecule has 1 saturated carbocycles. The highest BCUT2D eigenvalue weighted by Gasteiger charge is 2.36. The zero-order valence-corrected chi connectivity index (χ0v) is 15.8. The van der Waals surface area contributed by atoms with Gasteiger partial charge in [0.15, 0.2) is 5.11 Å². The van der Waals surface area contributed by atoms with Gasteiger partial charge in [-0.05, 0) is 60.0 Å². The van der Waals surface area contributed by atoms with Gasteiger partial charge >= 0.3 is 0 Å². The van der Waals surface area contributed by atoms with E-state index in [4.69, 9.17) is 12.2 Å². The molecule has 1 N–H and O–H groups in total. The molecular formula is C22H21FN2OS. The maximum Gasteiger partial charge on any atom is 0.276 e. The van der Waals surface area contributed by atoms with Gasteiger partial charge in [-0.15, -0.1) is 0 Å². The Morgan fingerprint density at radius 2 is 1.56 bits per heavy atom. The van der Waals surface area contributed by atoms with Crippen LogP contribution in [-0.2, 0) is 4.79 Å². The van der Waals surface area contributed by atoms with Crippen LogP contribution in [0.25, 0.3) is 17.2 Å². The Bertz CT molecular complexity index is 884. The topological polar surface area (TPSA) is 32.3 Å². The van der Waals surface area contributed by atoms with Crippen molar-refractivity contribution in [3.63, 3.8) is 0 Å². The van der Waals surface area contributed by atoms with Crippen LogP contribution in [0, 0.1) is 5.82 Å². The van der Waals surface area contributed by atoms with Crippen LogP contribution in [0.1, 0.15) is 37.7 Å². The lowest BCUT2D eigenvalue weighted by atomic mass is 9.94. The molecule has 2 fully saturated rings. The van der Waals surface area contributed by atoms with Gasteiger partial charge in [0.2, 0.25) is 0 Å². The zero-order valence-electron chi connectivity index (χ0n) is 15.0. The molecule has 0 bridgehead atoms. The summed E-state index contributed by atoms with van der Waals surface area (Å²) in [5.41, 5.74) is 3.41. The molecule has 5 heteroatoms. The number of halogens is 1. The molecular weight excluding hydrogens is 359 g/mol. The van der Waals surface area contributed by atoms with Crippen molar-refractivity contribution < 1.29 is 9.18 Å². The van der Waals surface area contributed by atoms with Crippen LogP contribution in [0.15, 0.2) is 54.2 Å². The van der Waals surface area contributed by atoms with E-state index in [0.29, 0.717) is 10.8 Å². The molecule has 0 radical (unpaired) electrons. The van der Waals surface area contributed by atoms with Gasteiger partial charge in [-0.1, -0.05) is 55.7 Å². The van der Waals surface area contributed by atoms with Crippen molar-refractivity contribution in [2.75, 3.05) is 0 Å². The summed E-state index contributed by atoms with van der Waals surface area (Å²) in [4.78, 5) is 14.6. The van der Waals surface area contributed by atoms with Gasteiger partial charge in [0.05, 0.1) is 0 Å². The number of nitrogens with zero attached hydrogens (tertiary/aromatic N) is 1. The third-order valence-electron chi connectivity index (χ3n) is 5.25. The highest BCUT2D eigenvalue weighted by atomic mass is 32.1. The normalized spacial score (nSPS) is 19.6. The number of amides is 1. The summed E-state index contributed by atoms with van der Waals surface area (Å²) in [5.74, 6) is -0.279. The van der Waals surface area contributed by atoms with E-state index in [1.54, 1.807) is 17.0 Å². The molecule has 0 aromatic heterocycles. The first-order chi connectivity index (χ1) is 13.1. The molecule has 2 aliphatic rings. The minimum absolute atomic E-state index is 0.0329. The molecule has 0 spiro atoms. The fourth-order valence-corrected chi connectivity index (χ4v) is 4.14. The molecule has 1 heterocycles. The van der Waals surface area contributed by atoms with E-state index in [-0.39, 0.29) is 17.8 Å². The second kappa shape index (κ2) is 7.61. The quantitative estimate of drug-likeness (QED) is 0.608. The summed E-state index contributed by atoms with van der Waals surface area (Å²) in [6, 6.07) is 14.5. The number of carbonyl (C=O) groups excluding carboxylic acids is 1. The van der Waals surface area contributed by atoms with E-state index in [1.165, 1.54) is 18.6 Å². The van der Waals surface area contributed by atoms with Crippen molar-refractivity contribution in [1.29, 1.82) is 0 Å². The summed E-state index contributed by atoms with van der Waals surface area (Å²) in [6.07, 6.45) is 7.43. The summed E-state index contributed by atoms with van der Waals surface area (Å²) in [7, 11) is 0. The van der Waals surface area contributed by atoms with Gasteiger partial charge in [0.25, 0.3) is 5.91 Å². The Labute approximate surface area is 163 Å². The number of hydrogen-bond donors (Lipinski definition) is 1. The highest BCUT2D eigenvalue weighted by Crippen LogP contribution is 2.27. The lowest BCUT2D eigenvalue weighted by molar-refractivity contribution is -0.124. The smallest absolute Gasteiger partial charge is 0.276 e. The van der Waals surface area contributed by atoms with E-state index < -0.39 is 0 Å². The molecule has 0 atom stereocenters. The van der Waals surface area contributed by atoms with Gasteiger partial charge in [0, 0.05) is 6.04 Å². The van der Waals surface area contributed by atoms with Crippen LogP contribution in [0.4, 0.5) is 4.39 Å². The number of hydrogen-bond acceptors (Lipinski definition) is 2. The third kappa shape index (κ3) is 3.78. The fraction of sp³-hybridized carbons (Fsp3) is 0.273. The van der Waals surface area contributed by atoms with Crippen LogP contribution in [0.5, 0.6) is 0 Å². The predicted octanol–water partition coefficient (Wildman–Crippen LogP) is 4.88. The van der Waals surface area contributed by atoms with Crippen LogP contribution in [-0.4, -0.2) is 22.0 Å². The second-order valence-corrected chi connectivity index (χ2v) is 7.47. The summed E-state index contributed by atoms with van der Waals surface area (Å²) < 4.78 is 13.1. The summed E-state index contributed by atoms with van der Waals surface area (Å²) in [6.45, 7) is 0. The van der Waals surface area contributed by atoms with Gasteiger partial charge < -0.3 is 5.32 Å². The molecule has 0 unspecified atom stereocenters. The lowest BCUT2D eigenvalue weighted by Crippen LogP contribution is -2.41. The maximum absolute atomic E-state index is 13.1. The molecule has 3 nitrogen and oxygen atoms in total. The van der Waals surface area contributed by atoms with Crippen molar-refractivity contribution in [3.05, 3.63) is 65.6 Å². The molecule has 4 rings (SSSR count). The first-order valence-corrected chi connectivity index (χ1v) is 9.75. The Morgan fingerprint density at radius 3 is 2.19 bits per heavy atom. The van der Waals surface area contributed by atoms with E-state index in [0.717, 1.165) is 42.4 Å². The first kappa shape index (κ1) is 17.9. The van der Waals surface area contributed by atoms with Gasteiger partial charge in [-0.25, -0.2) is 4.39 Å². The molecule has 138 valence electrons. The Kier molecular flexibility index (Phi) is 5.03. The molecule has 1 aliphatic carbocycles. The molecule has 1 amide bonds. The van der Waals surface area contributed by atoms with Crippen molar-refractivity contribution >= 4 is 29.3 Å². The monoisotopic (exact) mass is 380 g/mol. The standard InChI is InChI=1S/C22H21FN2OS/c23-18-12-10-17(11-13-18)16-8-6-15(7-9-16)14-20-21(26)25(22(27)24-20)19-4-2-1-3-5-19/h6-14,19H,1-5H2,(H,24,27). The van der Waals surface area contributed by atoms with E-state index >= 15 is 0 Å². The lowest BCUT2D eigenvalue weighted by Gasteiger charge is -2.29. The Morgan fingerprint density at radius 1 is 0.963 bits per heavy atom. The average Bonchev–Trinajstić information content (AvgIpc) is 2.97. The largest absolute Gasteiger partial charge is 0.328 e. The van der Waals surface area contributed by atoms with Crippen molar-refractivity contribution in [1.82, 2.24) is 10.2 Å². The SMILES string of the molecule is O=C1C(=Cc2ccc(-c3ccc(F)cc3)cc2)NC(=S)N1C1CCCCC1.